The quantitative estimate of drug-likeness (QED) is 0.819. The van der Waals surface area contributed by atoms with Crippen LogP contribution < -0.4 is 0 Å². The molecule has 122 valence electrons. The third kappa shape index (κ3) is 3.38. The van der Waals surface area contributed by atoms with Crippen molar-refractivity contribution in [2.75, 3.05) is 20.2 Å². The summed E-state index contributed by atoms with van der Waals surface area (Å²) in [5, 5.41) is 0. The fourth-order valence-corrected chi connectivity index (χ4v) is 3.22. The van der Waals surface area contributed by atoms with Gasteiger partial charge in [-0.05, 0) is 49.4 Å². The highest BCUT2D eigenvalue weighted by Crippen LogP contribution is 2.22. The van der Waals surface area contributed by atoms with E-state index in [2.05, 4.69) is 6.07 Å². The Balaban J connectivity index is 1.65. The molecule has 1 aliphatic heterocycles. The van der Waals surface area contributed by atoms with E-state index in [1.807, 2.05) is 40.8 Å². The lowest BCUT2D eigenvalue weighted by atomic mass is 9.93. The highest BCUT2D eigenvalue weighted by atomic mass is 16.5. The maximum absolute atomic E-state index is 12.7. The molecular formula is C18H22N2O3. The first-order valence-electron chi connectivity index (χ1n) is 8.01. The standard InChI is InChI=1S/C18H22N2O3/c1-13-9-16-4-3-15(12-20(16)11-13)18(22)19-7-5-14(6-8-19)10-17(21)23-2/h3-4,9,11-12,14H,5-8,10H2,1-2H3. The number of hydrogen-bond donors (Lipinski definition) is 0. The van der Waals surface area contributed by atoms with E-state index in [1.54, 1.807) is 0 Å². The van der Waals surface area contributed by atoms with Crippen LogP contribution in [-0.2, 0) is 9.53 Å². The maximum atomic E-state index is 12.7. The third-order valence-electron chi connectivity index (χ3n) is 4.56. The third-order valence-corrected chi connectivity index (χ3v) is 4.56. The molecular weight excluding hydrogens is 292 g/mol. The Kier molecular flexibility index (Phi) is 4.37. The van der Waals surface area contributed by atoms with Crippen molar-refractivity contribution >= 4 is 17.4 Å². The molecule has 1 amide bonds. The molecule has 2 aromatic heterocycles. The summed E-state index contributed by atoms with van der Waals surface area (Å²) in [5.41, 5.74) is 2.98. The lowest BCUT2D eigenvalue weighted by Gasteiger charge is -2.31. The minimum absolute atomic E-state index is 0.0646. The molecule has 1 fully saturated rings. The summed E-state index contributed by atoms with van der Waals surface area (Å²) in [4.78, 5) is 25.9. The number of aryl methyl sites for hydroxylation is 1. The van der Waals surface area contributed by atoms with Crippen LogP contribution in [0.2, 0.25) is 0 Å². The number of likely N-dealkylation sites (tertiary alicyclic amines) is 1. The second kappa shape index (κ2) is 6.44. The molecule has 0 N–H and O–H groups in total. The first-order chi connectivity index (χ1) is 11.1. The van der Waals surface area contributed by atoms with Gasteiger partial charge in [-0.1, -0.05) is 0 Å². The first-order valence-corrected chi connectivity index (χ1v) is 8.01. The van der Waals surface area contributed by atoms with Gasteiger partial charge in [0.05, 0.1) is 12.7 Å². The Morgan fingerprint density at radius 3 is 2.65 bits per heavy atom. The van der Waals surface area contributed by atoms with Crippen molar-refractivity contribution in [3.05, 3.63) is 41.7 Å². The molecule has 3 rings (SSSR count). The summed E-state index contributed by atoms with van der Waals surface area (Å²) in [6.45, 7) is 3.44. The molecule has 0 spiro atoms. The van der Waals surface area contributed by atoms with E-state index in [4.69, 9.17) is 4.74 Å². The second-order valence-corrected chi connectivity index (χ2v) is 6.28. The van der Waals surface area contributed by atoms with Crippen molar-refractivity contribution < 1.29 is 14.3 Å². The van der Waals surface area contributed by atoms with Crippen LogP contribution in [0.25, 0.3) is 5.52 Å². The zero-order valence-electron chi connectivity index (χ0n) is 13.6. The molecule has 23 heavy (non-hydrogen) atoms. The number of methoxy groups -OCH3 is 1. The molecule has 5 heteroatoms. The van der Waals surface area contributed by atoms with E-state index in [9.17, 15) is 9.59 Å². The summed E-state index contributed by atoms with van der Waals surface area (Å²) in [6.07, 6.45) is 6.07. The molecule has 0 saturated carbocycles. The van der Waals surface area contributed by atoms with Gasteiger partial charge in [0.15, 0.2) is 0 Å². The largest absolute Gasteiger partial charge is 0.469 e. The highest BCUT2D eigenvalue weighted by Gasteiger charge is 2.25. The normalized spacial score (nSPS) is 15.8. The van der Waals surface area contributed by atoms with Gasteiger partial charge in [-0.2, -0.15) is 0 Å². The summed E-state index contributed by atoms with van der Waals surface area (Å²) in [6, 6.07) is 5.95. The van der Waals surface area contributed by atoms with Gasteiger partial charge in [0, 0.05) is 37.4 Å². The van der Waals surface area contributed by atoms with Crippen molar-refractivity contribution in [1.82, 2.24) is 9.30 Å². The van der Waals surface area contributed by atoms with Crippen LogP contribution in [0.5, 0.6) is 0 Å². The molecule has 1 saturated heterocycles. The molecule has 2 aromatic rings. The van der Waals surface area contributed by atoms with Crippen molar-refractivity contribution in [3.63, 3.8) is 0 Å². The van der Waals surface area contributed by atoms with Crippen LogP contribution in [0, 0.1) is 12.8 Å². The minimum Gasteiger partial charge on any atom is -0.469 e. The van der Waals surface area contributed by atoms with Crippen LogP contribution in [0.3, 0.4) is 0 Å². The van der Waals surface area contributed by atoms with Gasteiger partial charge in [0.25, 0.3) is 5.91 Å². The first kappa shape index (κ1) is 15.6. The van der Waals surface area contributed by atoms with E-state index < -0.39 is 0 Å². The van der Waals surface area contributed by atoms with Gasteiger partial charge >= 0.3 is 5.97 Å². The Morgan fingerprint density at radius 2 is 1.96 bits per heavy atom. The number of carbonyl (C=O) groups is 2. The predicted molar refractivity (Wildman–Crippen MR) is 87.4 cm³/mol. The topological polar surface area (TPSA) is 51.0 Å². The Labute approximate surface area is 135 Å². The van der Waals surface area contributed by atoms with Gasteiger partial charge in [-0.3, -0.25) is 9.59 Å². The number of fused-ring (bicyclic) bond motifs is 1. The molecule has 0 aliphatic carbocycles. The van der Waals surface area contributed by atoms with Gasteiger partial charge in [0.2, 0.25) is 0 Å². The molecule has 0 atom stereocenters. The number of esters is 1. The zero-order chi connectivity index (χ0) is 16.4. The highest BCUT2D eigenvalue weighted by molar-refractivity contribution is 5.94. The van der Waals surface area contributed by atoms with Crippen molar-refractivity contribution in [1.29, 1.82) is 0 Å². The average molecular weight is 314 g/mol. The number of amides is 1. The summed E-state index contributed by atoms with van der Waals surface area (Å²) in [5.74, 6) is 0.221. The van der Waals surface area contributed by atoms with Crippen LogP contribution in [0.4, 0.5) is 0 Å². The van der Waals surface area contributed by atoms with Gasteiger partial charge < -0.3 is 14.0 Å². The van der Waals surface area contributed by atoms with E-state index in [1.165, 1.54) is 12.7 Å². The lowest BCUT2D eigenvalue weighted by Crippen LogP contribution is -2.39. The van der Waals surface area contributed by atoms with Crippen LogP contribution in [0.15, 0.2) is 30.6 Å². The van der Waals surface area contributed by atoms with E-state index in [0.717, 1.165) is 18.4 Å². The second-order valence-electron chi connectivity index (χ2n) is 6.28. The Hall–Kier alpha value is -2.30. The number of ether oxygens (including phenoxy) is 1. The number of rotatable bonds is 3. The molecule has 0 bridgehead atoms. The van der Waals surface area contributed by atoms with E-state index in [-0.39, 0.29) is 11.9 Å². The SMILES string of the molecule is COC(=O)CC1CCN(C(=O)c2ccc3cc(C)cn3c2)CC1. The number of nitrogens with zero attached hydrogens (tertiary/aromatic N) is 2. The molecule has 0 unspecified atom stereocenters. The summed E-state index contributed by atoms with van der Waals surface area (Å²) >= 11 is 0. The summed E-state index contributed by atoms with van der Waals surface area (Å²) < 4.78 is 6.71. The van der Waals surface area contributed by atoms with Gasteiger partial charge in [-0.15, -0.1) is 0 Å². The van der Waals surface area contributed by atoms with E-state index in [0.29, 0.717) is 31.0 Å². The lowest BCUT2D eigenvalue weighted by molar-refractivity contribution is -0.142. The molecule has 3 heterocycles. The van der Waals surface area contributed by atoms with Gasteiger partial charge in [-0.25, -0.2) is 0 Å². The summed E-state index contributed by atoms with van der Waals surface area (Å²) in [7, 11) is 1.42. The average Bonchev–Trinajstić information content (AvgIpc) is 2.93. The van der Waals surface area contributed by atoms with Crippen LogP contribution in [-0.4, -0.2) is 41.4 Å². The van der Waals surface area contributed by atoms with Crippen molar-refractivity contribution in [2.45, 2.75) is 26.2 Å². The zero-order valence-corrected chi connectivity index (χ0v) is 13.6. The molecule has 0 radical (unpaired) electrons. The number of hydrogen-bond acceptors (Lipinski definition) is 3. The van der Waals surface area contributed by atoms with Crippen LogP contribution >= 0.6 is 0 Å². The molecule has 0 aromatic carbocycles. The monoisotopic (exact) mass is 314 g/mol. The number of carbonyl (C=O) groups excluding carboxylic acids is 2. The van der Waals surface area contributed by atoms with E-state index >= 15 is 0 Å². The fraction of sp³-hybridized carbons (Fsp3) is 0.444. The van der Waals surface area contributed by atoms with Crippen molar-refractivity contribution in [3.8, 4) is 0 Å². The predicted octanol–water partition coefficient (Wildman–Crippen LogP) is 2.66. The van der Waals surface area contributed by atoms with Crippen LogP contribution in [0.1, 0.15) is 35.2 Å². The Morgan fingerprint density at radius 1 is 1.22 bits per heavy atom. The number of pyridine rings is 1. The molecule has 5 nitrogen and oxygen atoms in total. The van der Waals surface area contributed by atoms with Gasteiger partial charge in [0.1, 0.15) is 0 Å². The number of aromatic nitrogens is 1. The number of piperidine rings is 1. The minimum atomic E-state index is -0.164. The molecule has 1 aliphatic rings. The van der Waals surface area contributed by atoms with Crippen molar-refractivity contribution in [2.24, 2.45) is 5.92 Å². The fourth-order valence-electron chi connectivity index (χ4n) is 3.22. The Bertz CT molecular complexity index is 727. The maximum Gasteiger partial charge on any atom is 0.305 e. The smallest absolute Gasteiger partial charge is 0.305 e.